The summed E-state index contributed by atoms with van der Waals surface area (Å²) in [4.78, 5) is 11.4. The number of rotatable bonds is 0. The maximum atomic E-state index is 11.4. The minimum Gasteiger partial charge on any atom is -0.508 e. The van der Waals surface area contributed by atoms with Crippen LogP contribution in [0.5, 0.6) is 11.5 Å². The number of aromatic hydroxyl groups is 1. The Morgan fingerprint density at radius 2 is 2.07 bits per heavy atom. The molecule has 0 fully saturated rings. The molecule has 1 aliphatic heterocycles. The monoisotopic (exact) mass is 190 g/mol. The number of fused-ring (bicyclic) bond motifs is 1. The maximum Gasteiger partial charge on any atom is 0.344 e. The predicted octanol–water partition coefficient (Wildman–Crippen LogP) is 2.10. The second-order valence-corrected chi connectivity index (χ2v) is 3.44. The molecule has 0 spiro atoms. The van der Waals surface area contributed by atoms with Gasteiger partial charge in [-0.15, -0.1) is 0 Å². The Hall–Kier alpha value is -1.77. The Bertz CT molecular complexity index is 440. The van der Waals surface area contributed by atoms with Crippen molar-refractivity contribution in [1.82, 2.24) is 0 Å². The fourth-order valence-electron chi connectivity index (χ4n) is 1.54. The van der Waals surface area contributed by atoms with E-state index >= 15 is 0 Å². The van der Waals surface area contributed by atoms with Gasteiger partial charge in [0.2, 0.25) is 0 Å². The summed E-state index contributed by atoms with van der Waals surface area (Å²) in [5.41, 5.74) is 2.27. The van der Waals surface area contributed by atoms with Crippen molar-refractivity contribution in [3.63, 3.8) is 0 Å². The van der Waals surface area contributed by atoms with Crippen molar-refractivity contribution in [2.45, 2.75) is 13.8 Å². The van der Waals surface area contributed by atoms with E-state index in [0.29, 0.717) is 11.3 Å². The summed E-state index contributed by atoms with van der Waals surface area (Å²) >= 11 is 0. The van der Waals surface area contributed by atoms with Crippen LogP contribution in [0.4, 0.5) is 0 Å². The molecule has 1 aliphatic rings. The molecule has 1 heterocycles. The SMILES string of the molecule is CC(C)=C1C(=O)Oc2cc(O)ccc21. The lowest BCUT2D eigenvalue weighted by molar-refractivity contribution is -0.127. The second kappa shape index (κ2) is 2.87. The van der Waals surface area contributed by atoms with Crippen LogP contribution in [-0.2, 0) is 4.79 Å². The molecule has 0 unspecified atom stereocenters. The van der Waals surface area contributed by atoms with E-state index in [4.69, 9.17) is 4.74 Å². The van der Waals surface area contributed by atoms with E-state index in [1.54, 1.807) is 12.1 Å². The minimum atomic E-state index is -0.342. The molecule has 0 radical (unpaired) electrons. The summed E-state index contributed by atoms with van der Waals surface area (Å²) in [7, 11) is 0. The Balaban J connectivity index is 2.65. The average molecular weight is 190 g/mol. The number of benzene rings is 1. The zero-order valence-corrected chi connectivity index (χ0v) is 8.00. The zero-order chi connectivity index (χ0) is 10.3. The molecule has 1 N–H and O–H groups in total. The third kappa shape index (κ3) is 1.18. The fraction of sp³-hybridized carbons (Fsp3) is 0.182. The first kappa shape index (κ1) is 8.81. The Morgan fingerprint density at radius 3 is 2.71 bits per heavy atom. The van der Waals surface area contributed by atoms with E-state index in [2.05, 4.69) is 0 Å². The Kier molecular flexibility index (Phi) is 1.81. The first-order valence-electron chi connectivity index (χ1n) is 4.32. The number of phenolic OH excluding ortho intramolecular Hbond substituents is 1. The number of phenols is 1. The predicted molar refractivity (Wildman–Crippen MR) is 52.0 cm³/mol. The van der Waals surface area contributed by atoms with Gasteiger partial charge in [-0.3, -0.25) is 0 Å². The minimum absolute atomic E-state index is 0.103. The number of hydrogen-bond donors (Lipinski definition) is 1. The number of carbonyl (C=O) groups is 1. The summed E-state index contributed by atoms with van der Waals surface area (Å²) in [5.74, 6) is 0.198. The van der Waals surface area contributed by atoms with Gasteiger partial charge in [0.25, 0.3) is 0 Å². The van der Waals surface area contributed by atoms with E-state index in [0.717, 1.165) is 11.1 Å². The summed E-state index contributed by atoms with van der Waals surface area (Å²) < 4.78 is 5.00. The van der Waals surface area contributed by atoms with Gasteiger partial charge in [-0.2, -0.15) is 0 Å². The first-order chi connectivity index (χ1) is 6.59. The van der Waals surface area contributed by atoms with Crippen LogP contribution in [-0.4, -0.2) is 11.1 Å². The van der Waals surface area contributed by atoms with E-state index in [1.165, 1.54) is 6.07 Å². The third-order valence-electron chi connectivity index (χ3n) is 2.14. The van der Waals surface area contributed by atoms with Gasteiger partial charge >= 0.3 is 5.97 Å². The van der Waals surface area contributed by atoms with Crippen molar-refractivity contribution >= 4 is 11.5 Å². The van der Waals surface area contributed by atoms with Gasteiger partial charge in [-0.1, -0.05) is 5.57 Å². The normalized spacial score (nSPS) is 13.9. The van der Waals surface area contributed by atoms with Crippen molar-refractivity contribution in [2.24, 2.45) is 0 Å². The molecule has 0 amide bonds. The highest BCUT2D eigenvalue weighted by atomic mass is 16.5. The summed E-state index contributed by atoms with van der Waals surface area (Å²) in [5, 5.41) is 9.20. The molecule has 1 aromatic carbocycles. The number of hydrogen-bond acceptors (Lipinski definition) is 3. The number of ether oxygens (including phenoxy) is 1. The molecule has 1 aromatic rings. The van der Waals surface area contributed by atoms with Crippen molar-refractivity contribution in [1.29, 1.82) is 0 Å². The van der Waals surface area contributed by atoms with Crippen LogP contribution < -0.4 is 4.74 Å². The Morgan fingerprint density at radius 1 is 1.36 bits per heavy atom. The van der Waals surface area contributed by atoms with Crippen LogP contribution in [0, 0.1) is 0 Å². The third-order valence-corrected chi connectivity index (χ3v) is 2.14. The van der Waals surface area contributed by atoms with Crippen LogP contribution in [0.15, 0.2) is 23.8 Å². The highest BCUT2D eigenvalue weighted by Crippen LogP contribution is 2.37. The van der Waals surface area contributed by atoms with Crippen molar-refractivity contribution in [2.75, 3.05) is 0 Å². The molecule has 0 aromatic heterocycles. The molecular formula is C11H10O3. The van der Waals surface area contributed by atoms with E-state index in [1.807, 2.05) is 13.8 Å². The van der Waals surface area contributed by atoms with Gasteiger partial charge in [0.15, 0.2) is 0 Å². The molecule has 3 heteroatoms. The molecule has 0 saturated carbocycles. The lowest BCUT2D eigenvalue weighted by atomic mass is 10.0. The Labute approximate surface area is 81.6 Å². The van der Waals surface area contributed by atoms with Crippen LogP contribution >= 0.6 is 0 Å². The lowest BCUT2D eigenvalue weighted by Crippen LogP contribution is -2.01. The summed E-state index contributed by atoms with van der Waals surface area (Å²) in [6, 6.07) is 4.69. The highest BCUT2D eigenvalue weighted by molar-refractivity contribution is 6.22. The van der Waals surface area contributed by atoms with Gasteiger partial charge in [0.05, 0.1) is 5.57 Å². The largest absolute Gasteiger partial charge is 0.508 e. The van der Waals surface area contributed by atoms with Crippen LogP contribution in [0.1, 0.15) is 19.4 Å². The van der Waals surface area contributed by atoms with Gasteiger partial charge in [-0.25, -0.2) is 4.79 Å². The van der Waals surface area contributed by atoms with Crippen molar-refractivity contribution in [3.8, 4) is 11.5 Å². The quantitative estimate of drug-likeness (QED) is 0.387. The average Bonchev–Trinajstić information content (AvgIpc) is 2.39. The standard InChI is InChI=1S/C11H10O3/c1-6(2)10-8-4-3-7(12)5-9(8)14-11(10)13/h3-5,12H,1-2H3. The second-order valence-electron chi connectivity index (χ2n) is 3.44. The molecule has 0 saturated heterocycles. The van der Waals surface area contributed by atoms with E-state index < -0.39 is 0 Å². The molecule has 0 aliphatic carbocycles. The first-order valence-corrected chi connectivity index (χ1v) is 4.32. The topological polar surface area (TPSA) is 46.5 Å². The van der Waals surface area contributed by atoms with Crippen molar-refractivity contribution in [3.05, 3.63) is 29.3 Å². The molecule has 72 valence electrons. The maximum absolute atomic E-state index is 11.4. The lowest BCUT2D eigenvalue weighted by Gasteiger charge is -1.97. The van der Waals surface area contributed by atoms with Crippen molar-refractivity contribution < 1.29 is 14.6 Å². The summed E-state index contributed by atoms with van der Waals surface area (Å²) in [6.07, 6.45) is 0. The number of esters is 1. The zero-order valence-electron chi connectivity index (χ0n) is 8.00. The van der Waals surface area contributed by atoms with Gasteiger partial charge in [0.1, 0.15) is 11.5 Å². The van der Waals surface area contributed by atoms with E-state index in [9.17, 15) is 9.90 Å². The molecule has 2 rings (SSSR count). The fourth-order valence-corrected chi connectivity index (χ4v) is 1.54. The van der Waals surface area contributed by atoms with Gasteiger partial charge in [-0.05, 0) is 26.0 Å². The molecule has 3 nitrogen and oxygen atoms in total. The number of allylic oxidation sites excluding steroid dienone is 1. The molecule has 14 heavy (non-hydrogen) atoms. The number of carbonyl (C=O) groups excluding carboxylic acids is 1. The van der Waals surface area contributed by atoms with Crippen LogP contribution in [0.2, 0.25) is 0 Å². The molecular weight excluding hydrogens is 180 g/mol. The van der Waals surface area contributed by atoms with Gasteiger partial charge < -0.3 is 9.84 Å². The van der Waals surface area contributed by atoms with Crippen LogP contribution in [0.25, 0.3) is 5.57 Å². The van der Waals surface area contributed by atoms with E-state index in [-0.39, 0.29) is 11.7 Å². The highest BCUT2D eigenvalue weighted by Gasteiger charge is 2.27. The van der Waals surface area contributed by atoms with Crippen LogP contribution in [0.3, 0.4) is 0 Å². The summed E-state index contributed by atoms with van der Waals surface area (Å²) in [6.45, 7) is 3.72. The molecule has 0 atom stereocenters. The van der Waals surface area contributed by atoms with Gasteiger partial charge in [0, 0.05) is 11.6 Å². The smallest absolute Gasteiger partial charge is 0.344 e. The molecule has 0 bridgehead atoms.